The van der Waals surface area contributed by atoms with E-state index >= 15 is 0 Å². The Morgan fingerprint density at radius 2 is 2.00 bits per heavy atom. The number of ether oxygens (including phenoxy) is 1. The minimum Gasteiger partial charge on any atom is -0.481 e. The molecule has 5 nitrogen and oxygen atoms in total. The highest BCUT2D eigenvalue weighted by atomic mass is 16.5. The van der Waals surface area contributed by atoms with Crippen LogP contribution in [0.4, 0.5) is 0 Å². The largest absolute Gasteiger partial charge is 0.481 e. The highest BCUT2D eigenvalue weighted by Gasteiger charge is 2.24. The second-order valence-electron chi connectivity index (χ2n) is 5.79. The lowest BCUT2D eigenvalue weighted by atomic mass is 9.97. The molecular formula is C18H20N2O3. The number of aliphatic carboxylic acids is 1. The van der Waals surface area contributed by atoms with Gasteiger partial charge in [0.05, 0.1) is 12.1 Å². The van der Waals surface area contributed by atoms with Crippen molar-refractivity contribution in [2.75, 3.05) is 13.1 Å². The first-order chi connectivity index (χ1) is 11.2. The summed E-state index contributed by atoms with van der Waals surface area (Å²) in [4.78, 5) is 17.4. The van der Waals surface area contributed by atoms with E-state index in [2.05, 4.69) is 16.0 Å². The maximum absolute atomic E-state index is 11.0. The quantitative estimate of drug-likeness (QED) is 0.919. The lowest BCUT2D eigenvalue weighted by molar-refractivity contribution is -0.143. The number of carbonyl (C=O) groups is 1. The van der Waals surface area contributed by atoms with E-state index in [0.717, 1.165) is 30.9 Å². The molecule has 1 saturated heterocycles. The Morgan fingerprint density at radius 1 is 1.22 bits per heavy atom. The number of nitrogens with zero attached hydrogens (tertiary/aromatic N) is 2. The van der Waals surface area contributed by atoms with Gasteiger partial charge in [-0.3, -0.25) is 14.7 Å². The molecule has 23 heavy (non-hydrogen) atoms. The summed E-state index contributed by atoms with van der Waals surface area (Å²) in [5, 5.41) is 9.08. The summed E-state index contributed by atoms with van der Waals surface area (Å²) in [6, 6.07) is 11.7. The van der Waals surface area contributed by atoms with Crippen LogP contribution in [0.1, 0.15) is 18.4 Å². The van der Waals surface area contributed by atoms with Crippen LogP contribution in [0.3, 0.4) is 0 Å². The average molecular weight is 312 g/mol. The van der Waals surface area contributed by atoms with Gasteiger partial charge in [0, 0.05) is 18.3 Å². The van der Waals surface area contributed by atoms with E-state index in [9.17, 15) is 4.79 Å². The Balaban J connectivity index is 1.66. The summed E-state index contributed by atoms with van der Waals surface area (Å²) < 4.78 is 5.93. The molecule has 1 fully saturated rings. The highest BCUT2D eigenvalue weighted by molar-refractivity contribution is 5.70. The molecule has 1 aliphatic heterocycles. The fourth-order valence-electron chi connectivity index (χ4n) is 2.85. The third-order valence-electron chi connectivity index (χ3n) is 4.17. The molecule has 3 rings (SSSR count). The summed E-state index contributed by atoms with van der Waals surface area (Å²) in [6.07, 6.45) is 4.82. The molecule has 2 heterocycles. The van der Waals surface area contributed by atoms with Gasteiger partial charge in [-0.15, -0.1) is 0 Å². The second-order valence-corrected chi connectivity index (χ2v) is 5.79. The first kappa shape index (κ1) is 15.5. The molecule has 0 amide bonds. The van der Waals surface area contributed by atoms with E-state index in [1.54, 1.807) is 12.4 Å². The van der Waals surface area contributed by atoms with Crippen molar-refractivity contribution in [3.8, 4) is 11.5 Å². The van der Waals surface area contributed by atoms with Gasteiger partial charge in [0.25, 0.3) is 0 Å². The standard InChI is InChI=1S/C18H20N2O3/c21-18(22)14-7-10-20(11-8-14)13-15-4-1-2-6-17(15)23-16-5-3-9-19-12-16/h1-6,9,12,14H,7-8,10-11,13H2,(H,21,22). The third-order valence-corrected chi connectivity index (χ3v) is 4.17. The summed E-state index contributed by atoms with van der Waals surface area (Å²) in [5.74, 6) is 0.656. The lowest BCUT2D eigenvalue weighted by Gasteiger charge is -2.30. The normalized spacial score (nSPS) is 16.2. The van der Waals surface area contributed by atoms with Gasteiger partial charge in [0.1, 0.15) is 11.5 Å². The van der Waals surface area contributed by atoms with Crippen molar-refractivity contribution in [1.29, 1.82) is 0 Å². The van der Waals surface area contributed by atoms with Crippen LogP contribution in [-0.4, -0.2) is 34.0 Å². The van der Waals surface area contributed by atoms with Crippen LogP contribution < -0.4 is 4.74 Å². The van der Waals surface area contributed by atoms with Gasteiger partial charge in [-0.1, -0.05) is 18.2 Å². The molecule has 1 aromatic heterocycles. The number of benzene rings is 1. The number of carboxylic acids is 1. The summed E-state index contributed by atoms with van der Waals surface area (Å²) in [7, 11) is 0. The Labute approximate surface area is 135 Å². The molecule has 1 N–H and O–H groups in total. The number of aromatic nitrogens is 1. The number of carboxylic acid groups (broad SMARTS) is 1. The predicted octanol–water partition coefficient (Wildman–Crippen LogP) is 3.17. The molecule has 0 radical (unpaired) electrons. The van der Waals surface area contributed by atoms with Gasteiger partial charge >= 0.3 is 5.97 Å². The van der Waals surface area contributed by atoms with Gasteiger partial charge in [-0.2, -0.15) is 0 Å². The van der Waals surface area contributed by atoms with Crippen molar-refractivity contribution < 1.29 is 14.6 Å². The zero-order chi connectivity index (χ0) is 16.1. The zero-order valence-corrected chi connectivity index (χ0v) is 12.9. The molecule has 0 unspecified atom stereocenters. The Bertz CT molecular complexity index is 652. The number of para-hydroxylation sites is 1. The average Bonchev–Trinajstić information content (AvgIpc) is 2.58. The molecule has 1 aliphatic rings. The van der Waals surface area contributed by atoms with E-state index in [1.807, 2.05) is 30.3 Å². The molecule has 0 atom stereocenters. The van der Waals surface area contributed by atoms with Crippen molar-refractivity contribution in [2.24, 2.45) is 5.92 Å². The molecular weight excluding hydrogens is 292 g/mol. The molecule has 1 aromatic carbocycles. The van der Waals surface area contributed by atoms with Crippen molar-refractivity contribution in [3.05, 3.63) is 54.4 Å². The molecule has 5 heteroatoms. The van der Waals surface area contributed by atoms with Crippen LogP contribution >= 0.6 is 0 Å². The fourth-order valence-corrected chi connectivity index (χ4v) is 2.85. The minimum absolute atomic E-state index is 0.201. The van der Waals surface area contributed by atoms with E-state index in [4.69, 9.17) is 9.84 Å². The molecule has 0 bridgehead atoms. The van der Waals surface area contributed by atoms with E-state index in [-0.39, 0.29) is 5.92 Å². The SMILES string of the molecule is O=C(O)C1CCN(Cc2ccccc2Oc2cccnc2)CC1. The van der Waals surface area contributed by atoms with Gasteiger partial charge < -0.3 is 9.84 Å². The van der Waals surface area contributed by atoms with E-state index < -0.39 is 5.97 Å². The lowest BCUT2D eigenvalue weighted by Crippen LogP contribution is -2.35. The maximum atomic E-state index is 11.0. The van der Waals surface area contributed by atoms with Crippen LogP contribution in [0, 0.1) is 5.92 Å². The number of piperidine rings is 1. The Hall–Kier alpha value is -2.40. The number of pyridine rings is 1. The number of rotatable bonds is 5. The molecule has 0 aliphatic carbocycles. The first-order valence-electron chi connectivity index (χ1n) is 7.83. The second kappa shape index (κ2) is 7.24. The molecule has 120 valence electrons. The van der Waals surface area contributed by atoms with Crippen molar-refractivity contribution in [2.45, 2.75) is 19.4 Å². The van der Waals surface area contributed by atoms with Gasteiger partial charge in [-0.05, 0) is 44.1 Å². The fraction of sp³-hybridized carbons (Fsp3) is 0.333. The number of likely N-dealkylation sites (tertiary alicyclic amines) is 1. The first-order valence-corrected chi connectivity index (χ1v) is 7.83. The van der Waals surface area contributed by atoms with Gasteiger partial charge in [0.15, 0.2) is 0 Å². The Kier molecular flexibility index (Phi) is 4.88. The minimum atomic E-state index is -0.676. The third kappa shape index (κ3) is 4.07. The number of hydrogen-bond donors (Lipinski definition) is 1. The monoisotopic (exact) mass is 312 g/mol. The summed E-state index contributed by atoms with van der Waals surface area (Å²) in [6.45, 7) is 2.37. The highest BCUT2D eigenvalue weighted by Crippen LogP contribution is 2.27. The van der Waals surface area contributed by atoms with Crippen molar-refractivity contribution in [3.63, 3.8) is 0 Å². The molecule has 0 spiro atoms. The zero-order valence-electron chi connectivity index (χ0n) is 12.9. The van der Waals surface area contributed by atoms with Crippen LogP contribution in [-0.2, 0) is 11.3 Å². The van der Waals surface area contributed by atoms with Crippen LogP contribution in [0.15, 0.2) is 48.8 Å². The van der Waals surface area contributed by atoms with E-state index in [1.165, 1.54) is 0 Å². The number of hydrogen-bond acceptors (Lipinski definition) is 4. The summed E-state index contributed by atoms with van der Waals surface area (Å²) in [5.41, 5.74) is 1.10. The van der Waals surface area contributed by atoms with Crippen molar-refractivity contribution in [1.82, 2.24) is 9.88 Å². The smallest absolute Gasteiger partial charge is 0.306 e. The predicted molar refractivity (Wildman–Crippen MR) is 86.4 cm³/mol. The summed E-state index contributed by atoms with van der Waals surface area (Å²) >= 11 is 0. The van der Waals surface area contributed by atoms with Gasteiger partial charge in [-0.25, -0.2) is 0 Å². The van der Waals surface area contributed by atoms with Crippen LogP contribution in [0.25, 0.3) is 0 Å². The van der Waals surface area contributed by atoms with Crippen LogP contribution in [0.2, 0.25) is 0 Å². The van der Waals surface area contributed by atoms with Crippen molar-refractivity contribution >= 4 is 5.97 Å². The maximum Gasteiger partial charge on any atom is 0.306 e. The van der Waals surface area contributed by atoms with E-state index in [0.29, 0.717) is 18.6 Å². The molecule has 2 aromatic rings. The topological polar surface area (TPSA) is 62.7 Å². The molecule has 0 saturated carbocycles. The Morgan fingerprint density at radius 3 is 2.70 bits per heavy atom. The van der Waals surface area contributed by atoms with Gasteiger partial charge in [0.2, 0.25) is 0 Å². The van der Waals surface area contributed by atoms with Crippen LogP contribution in [0.5, 0.6) is 11.5 Å².